The summed E-state index contributed by atoms with van der Waals surface area (Å²) in [5, 5.41) is 3.21. The van der Waals surface area contributed by atoms with Gasteiger partial charge in [-0.05, 0) is 35.6 Å². The van der Waals surface area contributed by atoms with Crippen LogP contribution in [-0.2, 0) is 10.5 Å². The highest BCUT2D eigenvalue weighted by atomic mass is 32.2. The van der Waals surface area contributed by atoms with Crippen molar-refractivity contribution in [1.82, 2.24) is 5.32 Å². The van der Waals surface area contributed by atoms with Crippen LogP contribution in [0.4, 0.5) is 0 Å². The number of thioether (sulfide) groups is 1. The van der Waals surface area contributed by atoms with Gasteiger partial charge in [-0.3, -0.25) is 4.79 Å². The number of carbonyl (C=O) groups excluding carboxylic acids is 1. The summed E-state index contributed by atoms with van der Waals surface area (Å²) in [7, 11) is 1.66. The molecule has 4 heteroatoms. The summed E-state index contributed by atoms with van der Waals surface area (Å²) in [6.45, 7) is 4.36. The van der Waals surface area contributed by atoms with Gasteiger partial charge in [0.1, 0.15) is 5.75 Å². The molecule has 0 saturated carbocycles. The molecule has 0 unspecified atom stereocenters. The molecular formula is C22H29NO2S. The van der Waals surface area contributed by atoms with Gasteiger partial charge < -0.3 is 10.1 Å². The van der Waals surface area contributed by atoms with E-state index in [-0.39, 0.29) is 11.9 Å². The molecule has 26 heavy (non-hydrogen) atoms. The van der Waals surface area contributed by atoms with Gasteiger partial charge in [-0.1, -0.05) is 56.3 Å². The van der Waals surface area contributed by atoms with Crippen LogP contribution in [0, 0.1) is 5.92 Å². The Kier molecular flexibility index (Phi) is 8.56. The lowest BCUT2D eigenvalue weighted by Gasteiger charge is -2.21. The lowest BCUT2D eigenvalue weighted by Crippen LogP contribution is -2.29. The average Bonchev–Trinajstić information content (AvgIpc) is 2.65. The highest BCUT2D eigenvalue weighted by Crippen LogP contribution is 2.24. The maximum Gasteiger partial charge on any atom is 0.221 e. The molecule has 0 aliphatic rings. The molecule has 0 aliphatic carbocycles. The molecule has 0 heterocycles. The number of hydrogen-bond donors (Lipinski definition) is 1. The van der Waals surface area contributed by atoms with Crippen LogP contribution in [0.5, 0.6) is 5.75 Å². The van der Waals surface area contributed by atoms with E-state index >= 15 is 0 Å². The first-order valence-electron chi connectivity index (χ1n) is 9.13. The first kappa shape index (κ1) is 20.4. The summed E-state index contributed by atoms with van der Waals surface area (Å²) in [5.41, 5.74) is 2.43. The van der Waals surface area contributed by atoms with Crippen LogP contribution in [0.1, 0.15) is 43.9 Å². The van der Waals surface area contributed by atoms with Crippen molar-refractivity contribution in [3.63, 3.8) is 0 Å². The maximum absolute atomic E-state index is 12.4. The molecule has 0 aromatic heterocycles. The number of carbonyl (C=O) groups is 1. The van der Waals surface area contributed by atoms with Crippen molar-refractivity contribution in [2.75, 3.05) is 12.9 Å². The van der Waals surface area contributed by atoms with Gasteiger partial charge >= 0.3 is 0 Å². The van der Waals surface area contributed by atoms with E-state index in [4.69, 9.17) is 4.74 Å². The molecule has 0 aliphatic heterocycles. The molecule has 3 nitrogen and oxygen atoms in total. The standard InChI is InChI=1S/C22H29NO2S/c1-17(2)15-21(19-9-11-20(25-3)12-10-19)23-22(24)13-14-26-16-18-7-5-4-6-8-18/h4-12,17,21H,13-16H2,1-3H3,(H,23,24)/t21-/m1/s1. The minimum atomic E-state index is 0.0486. The Bertz CT molecular complexity index is 656. The third-order valence-corrected chi connectivity index (χ3v) is 5.18. The second kappa shape index (κ2) is 10.9. The van der Waals surface area contributed by atoms with Crippen LogP contribution in [0.15, 0.2) is 54.6 Å². The Labute approximate surface area is 161 Å². The molecule has 1 amide bonds. The number of ether oxygens (including phenoxy) is 1. The van der Waals surface area contributed by atoms with Gasteiger partial charge in [0.15, 0.2) is 0 Å². The topological polar surface area (TPSA) is 38.3 Å². The fraction of sp³-hybridized carbons (Fsp3) is 0.409. The van der Waals surface area contributed by atoms with Crippen LogP contribution in [0.3, 0.4) is 0 Å². The molecule has 2 aromatic rings. The van der Waals surface area contributed by atoms with Gasteiger partial charge in [-0.2, -0.15) is 11.8 Å². The summed E-state index contributed by atoms with van der Waals surface area (Å²) in [6, 6.07) is 18.4. The second-order valence-corrected chi connectivity index (χ2v) is 7.92. The van der Waals surface area contributed by atoms with E-state index in [1.807, 2.05) is 42.5 Å². The largest absolute Gasteiger partial charge is 0.497 e. The molecule has 0 spiro atoms. The number of benzene rings is 2. The normalized spacial score (nSPS) is 12.0. The Morgan fingerprint density at radius 3 is 2.38 bits per heavy atom. The van der Waals surface area contributed by atoms with Crippen molar-refractivity contribution >= 4 is 17.7 Å². The lowest BCUT2D eigenvalue weighted by molar-refractivity contribution is -0.121. The Hall–Kier alpha value is -1.94. The molecule has 140 valence electrons. The van der Waals surface area contributed by atoms with Gasteiger partial charge in [-0.25, -0.2) is 0 Å². The van der Waals surface area contributed by atoms with Gasteiger partial charge in [0.2, 0.25) is 5.91 Å². The van der Waals surface area contributed by atoms with Gasteiger partial charge in [0.25, 0.3) is 0 Å². The van der Waals surface area contributed by atoms with Crippen molar-refractivity contribution in [2.24, 2.45) is 5.92 Å². The number of rotatable bonds is 10. The molecule has 0 radical (unpaired) electrons. The molecule has 0 saturated heterocycles. The number of nitrogens with one attached hydrogen (secondary N) is 1. The van der Waals surface area contributed by atoms with Gasteiger partial charge in [0, 0.05) is 17.9 Å². The minimum absolute atomic E-state index is 0.0486. The fourth-order valence-electron chi connectivity index (χ4n) is 2.78. The van der Waals surface area contributed by atoms with Crippen LogP contribution < -0.4 is 10.1 Å². The summed E-state index contributed by atoms with van der Waals surface area (Å²) in [6.07, 6.45) is 1.47. The predicted molar refractivity (Wildman–Crippen MR) is 111 cm³/mol. The molecule has 0 bridgehead atoms. The lowest BCUT2D eigenvalue weighted by atomic mass is 9.97. The van der Waals surface area contributed by atoms with Crippen molar-refractivity contribution in [1.29, 1.82) is 0 Å². The monoisotopic (exact) mass is 371 g/mol. The van der Waals surface area contributed by atoms with Crippen molar-refractivity contribution < 1.29 is 9.53 Å². The third kappa shape index (κ3) is 7.12. The van der Waals surface area contributed by atoms with E-state index in [0.717, 1.165) is 29.2 Å². The first-order valence-corrected chi connectivity index (χ1v) is 10.3. The highest BCUT2D eigenvalue weighted by Gasteiger charge is 2.16. The van der Waals surface area contributed by atoms with E-state index in [0.29, 0.717) is 12.3 Å². The average molecular weight is 372 g/mol. The Balaban J connectivity index is 1.83. The highest BCUT2D eigenvalue weighted by molar-refractivity contribution is 7.98. The third-order valence-electron chi connectivity index (χ3n) is 4.15. The zero-order valence-corrected chi connectivity index (χ0v) is 16.7. The Morgan fingerprint density at radius 1 is 1.08 bits per heavy atom. The molecule has 2 aromatic carbocycles. The van der Waals surface area contributed by atoms with Crippen LogP contribution in [0.25, 0.3) is 0 Å². The van der Waals surface area contributed by atoms with Crippen LogP contribution in [-0.4, -0.2) is 18.8 Å². The zero-order chi connectivity index (χ0) is 18.8. The summed E-state index contributed by atoms with van der Waals surface area (Å²) in [5.74, 6) is 3.24. The number of hydrogen-bond acceptors (Lipinski definition) is 3. The SMILES string of the molecule is COc1ccc([C@@H](CC(C)C)NC(=O)CCSCc2ccccc2)cc1. The summed E-state index contributed by atoms with van der Waals surface area (Å²) in [4.78, 5) is 12.4. The predicted octanol–water partition coefficient (Wildman–Crippen LogP) is 5.22. The molecule has 0 fully saturated rings. The van der Waals surface area contributed by atoms with Crippen molar-refractivity contribution in [2.45, 2.75) is 38.5 Å². The van der Waals surface area contributed by atoms with Crippen LogP contribution >= 0.6 is 11.8 Å². The maximum atomic E-state index is 12.4. The van der Waals surface area contributed by atoms with Crippen molar-refractivity contribution in [3.05, 3.63) is 65.7 Å². The van der Waals surface area contributed by atoms with E-state index in [1.165, 1.54) is 5.56 Å². The minimum Gasteiger partial charge on any atom is -0.497 e. The quantitative estimate of drug-likeness (QED) is 0.582. The van der Waals surface area contributed by atoms with E-state index < -0.39 is 0 Å². The second-order valence-electron chi connectivity index (χ2n) is 6.81. The Morgan fingerprint density at radius 2 is 1.77 bits per heavy atom. The van der Waals surface area contributed by atoms with Gasteiger partial charge in [-0.15, -0.1) is 0 Å². The van der Waals surface area contributed by atoms with E-state index in [2.05, 4.69) is 31.3 Å². The molecule has 2 rings (SSSR count). The first-order chi connectivity index (χ1) is 12.6. The van der Waals surface area contributed by atoms with E-state index in [1.54, 1.807) is 18.9 Å². The molecule has 1 N–H and O–H groups in total. The smallest absolute Gasteiger partial charge is 0.221 e. The molecular weight excluding hydrogens is 342 g/mol. The number of methoxy groups -OCH3 is 1. The number of amides is 1. The van der Waals surface area contributed by atoms with Gasteiger partial charge in [0.05, 0.1) is 13.2 Å². The molecule has 1 atom stereocenters. The van der Waals surface area contributed by atoms with Crippen molar-refractivity contribution in [3.8, 4) is 5.75 Å². The van der Waals surface area contributed by atoms with Crippen LogP contribution in [0.2, 0.25) is 0 Å². The fourth-order valence-corrected chi connectivity index (χ4v) is 3.68. The van der Waals surface area contributed by atoms with E-state index in [9.17, 15) is 4.79 Å². The summed E-state index contributed by atoms with van der Waals surface area (Å²) < 4.78 is 5.22. The zero-order valence-electron chi connectivity index (χ0n) is 15.9. The summed E-state index contributed by atoms with van der Waals surface area (Å²) >= 11 is 1.80.